The lowest BCUT2D eigenvalue weighted by molar-refractivity contribution is 0.0777. The largest absolute Gasteiger partial charge is 0.336 e. The maximum atomic E-state index is 12.8. The van der Waals surface area contributed by atoms with Crippen LogP contribution in [0.3, 0.4) is 0 Å². The number of nitrogens with one attached hydrogen (secondary N) is 1. The summed E-state index contributed by atoms with van der Waals surface area (Å²) in [6, 6.07) is 17.1. The van der Waals surface area contributed by atoms with Gasteiger partial charge in [-0.05, 0) is 42.0 Å². The van der Waals surface area contributed by atoms with Crippen molar-refractivity contribution in [2.75, 3.05) is 7.05 Å². The van der Waals surface area contributed by atoms with E-state index in [1.807, 2.05) is 54.6 Å². The van der Waals surface area contributed by atoms with Crippen molar-refractivity contribution >= 4 is 29.7 Å². The van der Waals surface area contributed by atoms with E-state index < -0.39 is 0 Å². The van der Waals surface area contributed by atoms with Gasteiger partial charge in [-0.1, -0.05) is 41.9 Å². The second-order valence-corrected chi connectivity index (χ2v) is 6.26. The van der Waals surface area contributed by atoms with Gasteiger partial charge >= 0.3 is 0 Å². The highest BCUT2D eigenvalue weighted by Crippen LogP contribution is 2.16. The number of amides is 1. The summed E-state index contributed by atoms with van der Waals surface area (Å²) in [7, 11) is 1.76. The Morgan fingerprint density at radius 3 is 2.67 bits per heavy atom. The van der Waals surface area contributed by atoms with Crippen molar-refractivity contribution in [1.29, 1.82) is 0 Å². The van der Waals surface area contributed by atoms with E-state index in [1.165, 1.54) is 0 Å². The number of hydrogen-bond donors (Lipinski definition) is 1. The molecule has 0 atom stereocenters. The second kappa shape index (κ2) is 7.03. The number of H-pyrrole nitrogens is 1. The fourth-order valence-electron chi connectivity index (χ4n) is 2.54. The fourth-order valence-corrected chi connectivity index (χ4v) is 3.01. The van der Waals surface area contributed by atoms with E-state index in [9.17, 15) is 4.79 Å². The van der Waals surface area contributed by atoms with Gasteiger partial charge in [-0.25, -0.2) is 0 Å². The number of halogens is 1. The average Bonchev–Trinajstić information content (AvgIpc) is 2.96. The Balaban J connectivity index is 1.89. The normalized spacial score (nSPS) is 10.6. The predicted octanol–water partition coefficient (Wildman–Crippen LogP) is 4.46. The molecule has 24 heavy (non-hydrogen) atoms. The van der Waals surface area contributed by atoms with Crippen LogP contribution < -0.4 is 0 Å². The van der Waals surface area contributed by atoms with Crippen LogP contribution in [0.5, 0.6) is 0 Å². The van der Waals surface area contributed by atoms with Gasteiger partial charge in [0.2, 0.25) is 0 Å². The Kier molecular flexibility index (Phi) is 4.83. The van der Waals surface area contributed by atoms with E-state index in [4.69, 9.17) is 23.8 Å². The predicted molar refractivity (Wildman–Crippen MR) is 98.2 cm³/mol. The number of hydrogen-bond acceptors (Lipinski definition) is 2. The van der Waals surface area contributed by atoms with Gasteiger partial charge < -0.3 is 9.88 Å². The molecule has 0 radical (unpaired) electrons. The van der Waals surface area contributed by atoms with Gasteiger partial charge in [-0.2, -0.15) is 0 Å². The van der Waals surface area contributed by atoms with Gasteiger partial charge in [0.25, 0.3) is 5.91 Å². The van der Waals surface area contributed by atoms with Crippen LogP contribution in [-0.2, 0) is 6.54 Å². The minimum absolute atomic E-state index is 0.119. The lowest BCUT2D eigenvalue weighted by atomic mass is 10.2. The van der Waals surface area contributed by atoms with E-state index >= 15 is 0 Å². The Hall–Kier alpha value is -2.37. The molecule has 0 saturated heterocycles. The summed E-state index contributed by atoms with van der Waals surface area (Å²) in [6.45, 7) is 0.464. The zero-order chi connectivity index (χ0) is 17.1. The molecule has 0 saturated carbocycles. The lowest BCUT2D eigenvalue weighted by Gasteiger charge is -2.18. The van der Waals surface area contributed by atoms with Gasteiger partial charge in [0.05, 0.1) is 0 Å². The van der Waals surface area contributed by atoms with Crippen LogP contribution in [0, 0.1) is 4.77 Å². The van der Waals surface area contributed by atoms with Crippen LogP contribution in [0.1, 0.15) is 16.1 Å². The van der Waals surface area contributed by atoms with Crippen molar-refractivity contribution < 1.29 is 4.79 Å². The summed E-state index contributed by atoms with van der Waals surface area (Å²) in [6.07, 6.45) is 1.64. The standard InChI is InChI=1S/C18H16ClN3OS/c1-21(12-13-6-5-7-14(19)10-13)17(23)16-11-20-18(24)22(16)15-8-3-2-4-9-15/h2-11H,12H2,1H3,(H,20,24). The van der Waals surface area contributed by atoms with E-state index in [0.717, 1.165) is 11.3 Å². The second-order valence-electron chi connectivity index (χ2n) is 5.44. The van der Waals surface area contributed by atoms with Crippen LogP contribution in [0.2, 0.25) is 5.02 Å². The molecule has 3 rings (SSSR count). The van der Waals surface area contributed by atoms with Crippen LogP contribution in [0.25, 0.3) is 5.69 Å². The highest BCUT2D eigenvalue weighted by molar-refractivity contribution is 7.71. The minimum atomic E-state index is -0.119. The van der Waals surface area contributed by atoms with Crippen molar-refractivity contribution in [2.24, 2.45) is 0 Å². The summed E-state index contributed by atoms with van der Waals surface area (Å²) in [5.41, 5.74) is 2.32. The zero-order valence-electron chi connectivity index (χ0n) is 13.1. The average molecular weight is 358 g/mol. The SMILES string of the molecule is CN(Cc1cccc(Cl)c1)C(=O)c1c[nH]c(=S)n1-c1ccccc1. The highest BCUT2D eigenvalue weighted by Gasteiger charge is 2.18. The molecule has 0 spiro atoms. The summed E-state index contributed by atoms with van der Waals surface area (Å²) >= 11 is 11.3. The topological polar surface area (TPSA) is 41.0 Å². The molecular formula is C18H16ClN3OS. The molecular weight excluding hydrogens is 342 g/mol. The molecule has 4 nitrogen and oxygen atoms in total. The van der Waals surface area contributed by atoms with E-state index in [1.54, 1.807) is 22.7 Å². The third-order valence-corrected chi connectivity index (χ3v) is 4.20. The molecule has 0 fully saturated rings. The van der Waals surface area contributed by atoms with Crippen LogP contribution in [0.4, 0.5) is 0 Å². The number of rotatable bonds is 4. The highest BCUT2D eigenvalue weighted by atomic mass is 35.5. The number of aromatic amines is 1. The Morgan fingerprint density at radius 1 is 1.21 bits per heavy atom. The summed E-state index contributed by atoms with van der Waals surface area (Å²) < 4.78 is 2.23. The quantitative estimate of drug-likeness (QED) is 0.700. The zero-order valence-corrected chi connectivity index (χ0v) is 14.6. The molecule has 6 heteroatoms. The smallest absolute Gasteiger partial charge is 0.272 e. The number of carbonyl (C=O) groups is 1. The van der Waals surface area contributed by atoms with E-state index in [-0.39, 0.29) is 5.91 Å². The first-order chi connectivity index (χ1) is 11.6. The Labute approximate surface area is 150 Å². The molecule has 1 N–H and O–H groups in total. The van der Waals surface area contributed by atoms with Gasteiger partial charge in [0.1, 0.15) is 5.69 Å². The van der Waals surface area contributed by atoms with Crippen LogP contribution in [-0.4, -0.2) is 27.4 Å². The number of para-hydroxylation sites is 1. The Morgan fingerprint density at radius 2 is 1.96 bits per heavy atom. The summed E-state index contributed by atoms with van der Waals surface area (Å²) in [5.74, 6) is -0.119. The van der Waals surface area contributed by atoms with Gasteiger partial charge in [0, 0.05) is 30.5 Å². The maximum Gasteiger partial charge on any atom is 0.272 e. The third kappa shape index (κ3) is 3.42. The number of carbonyl (C=O) groups excluding carboxylic acids is 1. The minimum Gasteiger partial charge on any atom is -0.336 e. The molecule has 1 amide bonds. The summed E-state index contributed by atoms with van der Waals surface area (Å²) in [5, 5.41) is 0.655. The third-order valence-electron chi connectivity index (χ3n) is 3.67. The molecule has 0 unspecified atom stereocenters. The molecule has 2 aromatic carbocycles. The fraction of sp³-hybridized carbons (Fsp3) is 0.111. The number of aromatic nitrogens is 2. The molecule has 0 bridgehead atoms. The number of imidazole rings is 1. The van der Waals surface area contributed by atoms with Crippen LogP contribution >= 0.6 is 23.8 Å². The molecule has 122 valence electrons. The molecule has 3 aromatic rings. The number of nitrogens with zero attached hydrogens (tertiary/aromatic N) is 2. The number of benzene rings is 2. The first-order valence-corrected chi connectivity index (χ1v) is 8.20. The molecule has 0 aliphatic heterocycles. The first-order valence-electron chi connectivity index (χ1n) is 7.42. The maximum absolute atomic E-state index is 12.8. The van der Waals surface area contributed by atoms with E-state index in [0.29, 0.717) is 22.0 Å². The molecule has 1 heterocycles. The first kappa shape index (κ1) is 16.5. The van der Waals surface area contributed by atoms with Crippen LogP contribution in [0.15, 0.2) is 60.8 Å². The molecule has 0 aliphatic carbocycles. The van der Waals surface area contributed by atoms with E-state index in [2.05, 4.69) is 4.98 Å². The Bertz CT molecular complexity index is 917. The van der Waals surface area contributed by atoms with Crippen molar-refractivity contribution in [2.45, 2.75) is 6.54 Å². The summed E-state index contributed by atoms with van der Waals surface area (Å²) in [4.78, 5) is 17.4. The van der Waals surface area contributed by atoms with Gasteiger partial charge in [-0.3, -0.25) is 9.36 Å². The van der Waals surface area contributed by atoms with Gasteiger partial charge in [-0.15, -0.1) is 0 Å². The molecule has 0 aliphatic rings. The van der Waals surface area contributed by atoms with Crippen molar-refractivity contribution in [1.82, 2.24) is 14.5 Å². The van der Waals surface area contributed by atoms with Gasteiger partial charge in [0.15, 0.2) is 4.77 Å². The van der Waals surface area contributed by atoms with Crippen molar-refractivity contribution in [3.8, 4) is 5.69 Å². The monoisotopic (exact) mass is 357 g/mol. The van der Waals surface area contributed by atoms with Crippen molar-refractivity contribution in [3.63, 3.8) is 0 Å². The lowest BCUT2D eigenvalue weighted by Crippen LogP contribution is -2.28. The van der Waals surface area contributed by atoms with Crippen molar-refractivity contribution in [3.05, 3.63) is 81.8 Å². The molecule has 1 aromatic heterocycles.